The third-order valence-electron chi connectivity index (χ3n) is 2.10. The lowest BCUT2D eigenvalue weighted by Crippen LogP contribution is -2.02. The zero-order valence-corrected chi connectivity index (χ0v) is 9.93. The molecule has 2 rings (SSSR count). The number of esters is 1. The van der Waals surface area contributed by atoms with Crippen molar-refractivity contribution in [2.24, 2.45) is 0 Å². The number of thiophene rings is 1. The number of carbonyl (C=O) groups is 1. The summed E-state index contributed by atoms with van der Waals surface area (Å²) < 4.78 is 25.8. The first kappa shape index (κ1) is 11.3. The minimum atomic E-state index is -2.20. The van der Waals surface area contributed by atoms with Gasteiger partial charge in [0.2, 0.25) is 0 Å². The highest BCUT2D eigenvalue weighted by atomic mass is 32.2. The molecule has 0 radical (unpaired) electrons. The Balaban J connectivity index is 2.78. The molecule has 0 bridgehead atoms. The number of carbonyl (C=O) groups excluding carboxylic acids is 1. The van der Waals surface area contributed by atoms with Gasteiger partial charge in [-0.05, 0) is 6.07 Å². The maximum atomic E-state index is 11.5. The molecular formula is C10H8O4S2. The topological polar surface area (TPSA) is 63.6 Å². The number of hydrogen-bond acceptors (Lipinski definition) is 4. The number of fused-ring (bicyclic) bond motifs is 1. The molecule has 16 heavy (non-hydrogen) atoms. The van der Waals surface area contributed by atoms with E-state index in [0.29, 0.717) is 5.39 Å². The summed E-state index contributed by atoms with van der Waals surface area (Å²) in [6.45, 7) is 0. The van der Waals surface area contributed by atoms with Gasteiger partial charge in [-0.1, -0.05) is 18.2 Å². The Morgan fingerprint density at radius 1 is 1.44 bits per heavy atom. The average Bonchev–Trinajstić information content (AvgIpc) is 2.67. The minimum Gasteiger partial charge on any atom is -0.465 e. The molecule has 0 saturated heterocycles. The van der Waals surface area contributed by atoms with Crippen molar-refractivity contribution in [3.8, 4) is 0 Å². The van der Waals surface area contributed by atoms with Gasteiger partial charge in [0.25, 0.3) is 0 Å². The van der Waals surface area contributed by atoms with Crippen molar-refractivity contribution in [3.05, 3.63) is 29.1 Å². The normalized spacial score (nSPS) is 12.6. The van der Waals surface area contributed by atoms with Crippen molar-refractivity contribution in [2.75, 3.05) is 7.11 Å². The van der Waals surface area contributed by atoms with E-state index in [4.69, 9.17) is 0 Å². The first-order valence-electron chi connectivity index (χ1n) is 4.36. The van der Waals surface area contributed by atoms with Crippen LogP contribution in [0.4, 0.5) is 0 Å². The molecule has 0 saturated carbocycles. The van der Waals surface area contributed by atoms with Crippen molar-refractivity contribution in [1.82, 2.24) is 0 Å². The summed E-state index contributed by atoms with van der Waals surface area (Å²) in [6.07, 6.45) is 0. The van der Waals surface area contributed by atoms with Crippen LogP contribution < -0.4 is 0 Å². The average molecular weight is 256 g/mol. The molecular weight excluding hydrogens is 248 g/mol. The molecule has 1 heterocycles. The van der Waals surface area contributed by atoms with Gasteiger partial charge in [0.15, 0.2) is 11.1 Å². The molecule has 2 aromatic rings. The van der Waals surface area contributed by atoms with Crippen LogP contribution in [0.15, 0.2) is 29.2 Å². The predicted molar refractivity (Wildman–Crippen MR) is 62.2 cm³/mol. The van der Waals surface area contributed by atoms with Crippen molar-refractivity contribution in [2.45, 2.75) is 4.90 Å². The van der Waals surface area contributed by atoms with Crippen molar-refractivity contribution >= 4 is 38.5 Å². The van der Waals surface area contributed by atoms with Crippen LogP contribution in [-0.2, 0) is 15.8 Å². The summed E-state index contributed by atoms with van der Waals surface area (Å²) in [5.74, 6) is -0.585. The van der Waals surface area contributed by atoms with E-state index in [1.165, 1.54) is 7.11 Å². The highest BCUT2D eigenvalue weighted by molar-refractivity contribution is 7.79. The second-order valence-electron chi connectivity index (χ2n) is 3.00. The largest absolute Gasteiger partial charge is 0.465 e. The lowest BCUT2D eigenvalue weighted by Gasteiger charge is -1.97. The van der Waals surface area contributed by atoms with Crippen LogP contribution in [0, 0.1) is 0 Å². The summed E-state index contributed by atoms with van der Waals surface area (Å²) in [4.78, 5) is 11.8. The summed E-state index contributed by atoms with van der Waals surface area (Å²) in [6, 6.07) is 7.07. The van der Waals surface area contributed by atoms with E-state index >= 15 is 0 Å². The smallest absolute Gasteiger partial charge is 0.349 e. The van der Waals surface area contributed by atoms with E-state index in [2.05, 4.69) is 4.74 Å². The summed E-state index contributed by atoms with van der Waals surface area (Å²) >= 11 is -1.04. The van der Waals surface area contributed by atoms with Gasteiger partial charge in [-0.2, -0.15) is 0 Å². The third kappa shape index (κ3) is 1.75. The third-order valence-corrected chi connectivity index (χ3v) is 4.15. The molecule has 1 atom stereocenters. The van der Waals surface area contributed by atoms with Gasteiger partial charge < -0.3 is 9.29 Å². The van der Waals surface area contributed by atoms with E-state index in [-0.39, 0.29) is 9.77 Å². The second kappa shape index (κ2) is 4.32. The number of hydrogen-bond donors (Lipinski definition) is 1. The first-order chi connectivity index (χ1) is 7.65. The fraction of sp³-hybridized carbons (Fsp3) is 0.100. The Hall–Kier alpha value is -1.24. The molecule has 6 heteroatoms. The molecule has 0 fully saturated rings. The lowest BCUT2D eigenvalue weighted by atomic mass is 10.2. The fourth-order valence-corrected chi connectivity index (χ4v) is 3.45. The lowest BCUT2D eigenvalue weighted by molar-refractivity contribution is 0.0602. The number of benzene rings is 1. The summed E-state index contributed by atoms with van der Waals surface area (Å²) in [7, 11) is 1.25. The van der Waals surface area contributed by atoms with Crippen LogP contribution in [0.3, 0.4) is 0 Å². The minimum absolute atomic E-state index is 0.132. The molecule has 0 aliphatic heterocycles. The van der Waals surface area contributed by atoms with Crippen LogP contribution in [0.2, 0.25) is 0 Å². The van der Waals surface area contributed by atoms with Gasteiger partial charge in [-0.25, -0.2) is 9.00 Å². The summed E-state index contributed by atoms with van der Waals surface area (Å²) in [5, 5.41) is 0.619. The molecule has 1 aromatic carbocycles. The molecule has 0 spiro atoms. The fourth-order valence-electron chi connectivity index (χ4n) is 1.42. The molecule has 4 nitrogen and oxygen atoms in total. The van der Waals surface area contributed by atoms with Crippen LogP contribution >= 0.6 is 11.3 Å². The maximum absolute atomic E-state index is 11.5. The van der Waals surface area contributed by atoms with E-state index in [1.807, 2.05) is 6.07 Å². The van der Waals surface area contributed by atoms with Crippen LogP contribution in [0.25, 0.3) is 10.1 Å². The van der Waals surface area contributed by atoms with Gasteiger partial charge in [0.1, 0.15) is 4.88 Å². The molecule has 1 unspecified atom stereocenters. The first-order valence-corrected chi connectivity index (χ1v) is 6.28. The van der Waals surface area contributed by atoms with Gasteiger partial charge >= 0.3 is 5.97 Å². The van der Waals surface area contributed by atoms with Gasteiger partial charge in [0, 0.05) is 10.1 Å². The standard InChI is InChI=1S/C10H8O4S2/c1-14-10(11)8-9(16(12)13)6-4-2-3-5-7(6)15-8/h2-5H,1H3,(H,12,13). The molecule has 1 aromatic heterocycles. The zero-order valence-electron chi connectivity index (χ0n) is 8.30. The predicted octanol–water partition coefficient (Wildman–Crippen LogP) is 2.27. The second-order valence-corrected chi connectivity index (χ2v) is 4.96. The molecule has 1 N–H and O–H groups in total. The highest BCUT2D eigenvalue weighted by Gasteiger charge is 2.22. The highest BCUT2D eigenvalue weighted by Crippen LogP contribution is 2.33. The van der Waals surface area contributed by atoms with Crippen LogP contribution in [0.1, 0.15) is 9.67 Å². The Morgan fingerprint density at radius 3 is 2.75 bits per heavy atom. The molecule has 0 amide bonds. The summed E-state index contributed by atoms with van der Waals surface area (Å²) in [5.41, 5.74) is 0. The zero-order chi connectivity index (χ0) is 11.7. The van der Waals surface area contributed by atoms with Gasteiger partial charge in [0.05, 0.1) is 12.0 Å². The van der Waals surface area contributed by atoms with E-state index in [1.54, 1.807) is 18.2 Å². The van der Waals surface area contributed by atoms with Gasteiger partial charge in [-0.3, -0.25) is 0 Å². The van der Waals surface area contributed by atoms with Crippen molar-refractivity contribution < 1.29 is 18.3 Å². The number of ether oxygens (including phenoxy) is 1. The molecule has 84 valence electrons. The molecule has 0 aliphatic carbocycles. The van der Waals surface area contributed by atoms with Crippen LogP contribution in [0.5, 0.6) is 0 Å². The SMILES string of the molecule is COC(=O)c1sc2ccccc2c1S(=O)O. The van der Waals surface area contributed by atoms with Gasteiger partial charge in [-0.15, -0.1) is 11.3 Å². The number of rotatable bonds is 2. The monoisotopic (exact) mass is 256 g/mol. The van der Waals surface area contributed by atoms with E-state index in [0.717, 1.165) is 16.0 Å². The Bertz CT molecular complexity index is 573. The van der Waals surface area contributed by atoms with Crippen molar-refractivity contribution in [3.63, 3.8) is 0 Å². The van der Waals surface area contributed by atoms with E-state index in [9.17, 15) is 13.6 Å². The Kier molecular flexibility index (Phi) is 3.04. The van der Waals surface area contributed by atoms with Crippen LogP contribution in [-0.4, -0.2) is 21.8 Å². The van der Waals surface area contributed by atoms with E-state index < -0.39 is 17.0 Å². The maximum Gasteiger partial charge on any atom is 0.349 e. The quantitative estimate of drug-likeness (QED) is 0.661. The molecule has 0 aliphatic rings. The number of methoxy groups -OCH3 is 1. The Labute approximate surface area is 98.1 Å². The van der Waals surface area contributed by atoms with Crippen molar-refractivity contribution in [1.29, 1.82) is 0 Å². The Morgan fingerprint density at radius 2 is 2.12 bits per heavy atom.